The third-order valence-corrected chi connectivity index (χ3v) is 0.752. The number of hydrogen-bond donors (Lipinski definition) is 0. The number of aliphatic imine (C=N–C) groups is 2. The fourth-order valence-electron chi connectivity index (χ4n) is 0.394. The topological polar surface area (TPSA) is 24.7 Å². The Morgan fingerprint density at radius 2 is 2.00 bits per heavy atom. The predicted octanol–water partition coefficient (Wildman–Crippen LogP) is 1.33. The molecule has 0 bridgehead atoms. The minimum Gasteiger partial charge on any atom is -0.296 e. The van der Waals surface area contributed by atoms with Crippen molar-refractivity contribution in [3.63, 3.8) is 0 Å². The van der Waals surface area contributed by atoms with Crippen LogP contribution in [0.4, 0.5) is 0 Å². The molecule has 0 aliphatic heterocycles. The Labute approximate surface area is 56.0 Å². The summed E-state index contributed by atoms with van der Waals surface area (Å²) in [5.74, 6) is 0. The van der Waals surface area contributed by atoms with Crippen LogP contribution in [0.25, 0.3) is 0 Å². The molecule has 0 rings (SSSR count). The number of allylic oxidation sites excluding steroid dienone is 1. The van der Waals surface area contributed by atoms with Crippen molar-refractivity contribution in [1.82, 2.24) is 0 Å². The van der Waals surface area contributed by atoms with E-state index in [1.165, 1.54) is 0 Å². The van der Waals surface area contributed by atoms with Crippen molar-refractivity contribution in [3.8, 4) is 0 Å². The average Bonchev–Trinajstić information content (AvgIpc) is 1.89. The van der Waals surface area contributed by atoms with Crippen molar-refractivity contribution < 1.29 is 0 Å². The second-order valence-corrected chi connectivity index (χ2v) is 1.46. The molecule has 0 unspecified atom stereocenters. The van der Waals surface area contributed by atoms with Gasteiger partial charge in [-0.1, -0.05) is 12.7 Å². The third kappa shape index (κ3) is 7.08. The molecule has 0 spiro atoms. The Balaban J connectivity index is 3.08. The van der Waals surface area contributed by atoms with E-state index in [1.807, 2.05) is 6.92 Å². The molecule has 0 aromatic carbocycles. The Morgan fingerprint density at radius 3 is 2.56 bits per heavy atom. The average molecular weight is 124 g/mol. The lowest BCUT2D eigenvalue weighted by Crippen LogP contribution is -1.85. The first-order chi connectivity index (χ1) is 4.41. The van der Waals surface area contributed by atoms with Crippen LogP contribution < -0.4 is 0 Å². The monoisotopic (exact) mass is 124 g/mol. The molecule has 0 saturated carbocycles. The SMILES string of the molecule is C=CC=NCCN=CC. The summed E-state index contributed by atoms with van der Waals surface area (Å²) in [5, 5.41) is 0. The molecule has 0 N–H and O–H groups in total. The molecule has 0 saturated heterocycles. The van der Waals surface area contributed by atoms with Crippen molar-refractivity contribution in [2.75, 3.05) is 13.1 Å². The molecule has 2 heteroatoms. The van der Waals surface area contributed by atoms with Gasteiger partial charge in [0.2, 0.25) is 0 Å². The van der Waals surface area contributed by atoms with Crippen LogP contribution in [0, 0.1) is 0 Å². The minimum atomic E-state index is 0.760. The first kappa shape index (κ1) is 8.08. The van der Waals surface area contributed by atoms with Gasteiger partial charge in [0.25, 0.3) is 0 Å². The summed E-state index contributed by atoms with van der Waals surface area (Å²) < 4.78 is 0. The summed E-state index contributed by atoms with van der Waals surface area (Å²) in [6, 6.07) is 0. The van der Waals surface area contributed by atoms with E-state index >= 15 is 0 Å². The van der Waals surface area contributed by atoms with Crippen LogP contribution in [0.5, 0.6) is 0 Å². The maximum atomic E-state index is 3.97. The molecule has 0 amide bonds. The highest BCUT2D eigenvalue weighted by Gasteiger charge is 1.71. The van der Waals surface area contributed by atoms with Crippen molar-refractivity contribution in [1.29, 1.82) is 0 Å². The lowest BCUT2D eigenvalue weighted by Gasteiger charge is -1.83. The minimum absolute atomic E-state index is 0.760. The van der Waals surface area contributed by atoms with E-state index in [2.05, 4.69) is 16.6 Å². The van der Waals surface area contributed by atoms with Gasteiger partial charge in [-0.15, -0.1) is 0 Å². The van der Waals surface area contributed by atoms with Gasteiger partial charge in [-0.05, 0) is 13.1 Å². The van der Waals surface area contributed by atoms with Gasteiger partial charge in [-0.2, -0.15) is 0 Å². The molecule has 0 heterocycles. The zero-order chi connectivity index (χ0) is 6.95. The van der Waals surface area contributed by atoms with Crippen LogP contribution >= 0.6 is 0 Å². The van der Waals surface area contributed by atoms with Crippen molar-refractivity contribution >= 4 is 12.4 Å². The van der Waals surface area contributed by atoms with Gasteiger partial charge in [0.1, 0.15) is 0 Å². The molecule has 0 atom stereocenters. The van der Waals surface area contributed by atoms with Gasteiger partial charge in [-0.3, -0.25) is 9.98 Å². The fraction of sp³-hybridized carbons (Fsp3) is 0.429. The van der Waals surface area contributed by atoms with E-state index in [4.69, 9.17) is 0 Å². The number of rotatable bonds is 4. The highest BCUT2D eigenvalue weighted by molar-refractivity contribution is 5.69. The van der Waals surface area contributed by atoms with E-state index in [-0.39, 0.29) is 0 Å². The molecule has 0 aromatic rings. The summed E-state index contributed by atoms with van der Waals surface area (Å²) in [6.45, 7) is 6.93. The Morgan fingerprint density at radius 1 is 1.33 bits per heavy atom. The largest absolute Gasteiger partial charge is 0.296 e. The first-order valence-electron chi connectivity index (χ1n) is 2.97. The summed E-state index contributed by atoms with van der Waals surface area (Å²) in [7, 11) is 0. The van der Waals surface area contributed by atoms with Crippen LogP contribution in [0.3, 0.4) is 0 Å². The lowest BCUT2D eigenvalue weighted by molar-refractivity contribution is 0.985. The normalized spacial score (nSPS) is 11.2. The quantitative estimate of drug-likeness (QED) is 0.399. The Kier molecular flexibility index (Phi) is 6.36. The van der Waals surface area contributed by atoms with Gasteiger partial charge in [0, 0.05) is 6.21 Å². The molecule has 50 valence electrons. The van der Waals surface area contributed by atoms with Crippen LogP contribution in [0.2, 0.25) is 0 Å². The molecule has 9 heavy (non-hydrogen) atoms. The zero-order valence-electron chi connectivity index (χ0n) is 5.75. The van der Waals surface area contributed by atoms with E-state index < -0.39 is 0 Å². The van der Waals surface area contributed by atoms with Crippen LogP contribution in [0.15, 0.2) is 22.6 Å². The molecule has 0 fully saturated rings. The van der Waals surface area contributed by atoms with E-state index in [1.54, 1.807) is 18.5 Å². The number of hydrogen-bond acceptors (Lipinski definition) is 2. The third-order valence-electron chi connectivity index (χ3n) is 0.752. The zero-order valence-corrected chi connectivity index (χ0v) is 5.75. The highest BCUT2D eigenvalue weighted by atomic mass is 14.8. The first-order valence-corrected chi connectivity index (χ1v) is 2.97. The summed E-state index contributed by atoms with van der Waals surface area (Å²) in [4.78, 5) is 7.94. The molecular formula is C7H12N2. The molecular weight excluding hydrogens is 112 g/mol. The lowest BCUT2D eigenvalue weighted by atomic mass is 10.6. The summed E-state index contributed by atoms with van der Waals surface area (Å²) in [6.07, 6.45) is 5.13. The smallest absolute Gasteiger partial charge is 0.0585 e. The van der Waals surface area contributed by atoms with E-state index in [9.17, 15) is 0 Å². The second kappa shape index (κ2) is 7.08. The Hall–Kier alpha value is -0.920. The van der Waals surface area contributed by atoms with Crippen LogP contribution in [-0.4, -0.2) is 25.5 Å². The molecule has 0 aromatic heterocycles. The molecule has 0 radical (unpaired) electrons. The molecule has 0 aliphatic rings. The van der Waals surface area contributed by atoms with E-state index in [0.717, 1.165) is 13.1 Å². The maximum absolute atomic E-state index is 3.97. The van der Waals surface area contributed by atoms with E-state index in [0.29, 0.717) is 0 Å². The maximum Gasteiger partial charge on any atom is 0.0585 e. The van der Waals surface area contributed by atoms with Crippen LogP contribution in [-0.2, 0) is 0 Å². The van der Waals surface area contributed by atoms with Gasteiger partial charge in [0.05, 0.1) is 13.1 Å². The Bertz CT molecular complexity index is 114. The molecule has 2 nitrogen and oxygen atoms in total. The highest BCUT2D eigenvalue weighted by Crippen LogP contribution is 1.70. The van der Waals surface area contributed by atoms with Crippen molar-refractivity contribution in [3.05, 3.63) is 12.7 Å². The van der Waals surface area contributed by atoms with Crippen molar-refractivity contribution in [2.45, 2.75) is 6.92 Å². The predicted molar refractivity (Wildman–Crippen MR) is 42.6 cm³/mol. The summed E-state index contributed by atoms with van der Waals surface area (Å²) in [5.41, 5.74) is 0. The van der Waals surface area contributed by atoms with Gasteiger partial charge >= 0.3 is 0 Å². The second-order valence-electron chi connectivity index (χ2n) is 1.46. The summed E-state index contributed by atoms with van der Waals surface area (Å²) >= 11 is 0. The van der Waals surface area contributed by atoms with Crippen LogP contribution in [0.1, 0.15) is 6.92 Å². The van der Waals surface area contributed by atoms with Crippen molar-refractivity contribution in [2.24, 2.45) is 9.98 Å². The van der Waals surface area contributed by atoms with Gasteiger partial charge in [0.15, 0.2) is 0 Å². The standard InChI is InChI=1S/C7H12N2/c1-3-5-9-7-6-8-4-2/h3-5H,1,6-7H2,2H3. The molecule has 0 aliphatic carbocycles. The van der Waals surface area contributed by atoms with Gasteiger partial charge < -0.3 is 0 Å². The number of nitrogens with zero attached hydrogens (tertiary/aromatic N) is 2. The van der Waals surface area contributed by atoms with Gasteiger partial charge in [-0.25, -0.2) is 0 Å². The fourth-order valence-corrected chi connectivity index (χ4v) is 0.394.